The molecule has 0 bridgehead atoms. The van der Waals surface area contributed by atoms with Crippen LogP contribution in [0, 0.1) is 20.8 Å². The average molecular weight is 442 g/mol. The first-order chi connectivity index (χ1) is 16.0. The molecule has 0 saturated heterocycles. The third kappa shape index (κ3) is 5.61. The summed E-state index contributed by atoms with van der Waals surface area (Å²) in [6, 6.07) is 22.2. The lowest BCUT2D eigenvalue weighted by Gasteiger charge is -2.12. The Morgan fingerprint density at radius 2 is 1.73 bits per heavy atom. The highest BCUT2D eigenvalue weighted by Crippen LogP contribution is 2.18. The van der Waals surface area contributed by atoms with E-state index in [2.05, 4.69) is 35.0 Å². The highest BCUT2D eigenvalue weighted by Gasteiger charge is 2.12. The van der Waals surface area contributed by atoms with Crippen molar-refractivity contribution in [2.45, 2.75) is 40.2 Å². The second-order valence-corrected chi connectivity index (χ2v) is 8.51. The zero-order chi connectivity index (χ0) is 23.2. The number of nitrogens with one attached hydrogen (secondary N) is 1. The molecule has 5 nitrogen and oxygen atoms in total. The lowest BCUT2D eigenvalue weighted by atomic mass is 10.1. The fraction of sp³-hybridized carbons (Fsp3) is 0.286. The molecule has 0 radical (unpaired) electrons. The summed E-state index contributed by atoms with van der Waals surface area (Å²) in [5.41, 5.74) is 6.22. The SMILES string of the molecule is Cc1ccc(OCCn2c(CCCNC(=O)c3ccc(C)cc3C)nc3ccccc32)cc1. The smallest absolute Gasteiger partial charge is 0.251 e. The fourth-order valence-electron chi connectivity index (χ4n) is 4.07. The Balaban J connectivity index is 1.36. The molecule has 0 aliphatic heterocycles. The minimum Gasteiger partial charge on any atom is -0.492 e. The number of nitrogens with zero attached hydrogens (tertiary/aromatic N) is 2. The number of para-hydroxylation sites is 2. The van der Waals surface area contributed by atoms with Crippen molar-refractivity contribution in [1.29, 1.82) is 0 Å². The Morgan fingerprint density at radius 1 is 0.970 bits per heavy atom. The number of imidazole rings is 1. The van der Waals surface area contributed by atoms with Gasteiger partial charge in [-0.2, -0.15) is 0 Å². The van der Waals surface area contributed by atoms with E-state index in [1.165, 1.54) is 5.56 Å². The molecule has 1 N–H and O–H groups in total. The molecule has 0 saturated carbocycles. The molecule has 4 rings (SSSR count). The standard InChI is InChI=1S/C28H31N3O2/c1-20-10-13-23(14-11-20)33-18-17-31-26-8-5-4-7-25(26)30-27(31)9-6-16-29-28(32)24-15-12-21(2)19-22(24)3/h4-5,7-8,10-15,19H,6,9,16-18H2,1-3H3,(H,29,32). The lowest BCUT2D eigenvalue weighted by molar-refractivity contribution is 0.0952. The number of amides is 1. The molecule has 0 aliphatic rings. The maximum absolute atomic E-state index is 12.5. The number of benzene rings is 3. The fourth-order valence-corrected chi connectivity index (χ4v) is 4.07. The summed E-state index contributed by atoms with van der Waals surface area (Å²) in [6.45, 7) is 7.97. The van der Waals surface area contributed by atoms with Gasteiger partial charge in [0.05, 0.1) is 17.6 Å². The van der Waals surface area contributed by atoms with E-state index < -0.39 is 0 Å². The summed E-state index contributed by atoms with van der Waals surface area (Å²) < 4.78 is 8.19. The van der Waals surface area contributed by atoms with E-state index in [4.69, 9.17) is 9.72 Å². The van der Waals surface area contributed by atoms with E-state index in [9.17, 15) is 4.79 Å². The van der Waals surface area contributed by atoms with Crippen LogP contribution >= 0.6 is 0 Å². The number of hydrogen-bond donors (Lipinski definition) is 1. The van der Waals surface area contributed by atoms with Gasteiger partial charge in [-0.1, -0.05) is 47.5 Å². The van der Waals surface area contributed by atoms with Crippen molar-refractivity contribution in [1.82, 2.24) is 14.9 Å². The summed E-state index contributed by atoms with van der Waals surface area (Å²) in [6.07, 6.45) is 1.60. The predicted molar refractivity (Wildman–Crippen MR) is 133 cm³/mol. The van der Waals surface area contributed by atoms with E-state index in [1.807, 2.05) is 62.4 Å². The van der Waals surface area contributed by atoms with Crippen molar-refractivity contribution < 1.29 is 9.53 Å². The van der Waals surface area contributed by atoms with Crippen LogP contribution in [0.4, 0.5) is 0 Å². The largest absolute Gasteiger partial charge is 0.492 e. The number of carbonyl (C=O) groups is 1. The first-order valence-corrected chi connectivity index (χ1v) is 11.5. The zero-order valence-electron chi connectivity index (χ0n) is 19.6. The molecule has 3 aromatic carbocycles. The number of aryl methyl sites for hydroxylation is 4. The summed E-state index contributed by atoms with van der Waals surface area (Å²) in [5.74, 6) is 1.87. The topological polar surface area (TPSA) is 56.1 Å². The molecular formula is C28H31N3O2. The maximum Gasteiger partial charge on any atom is 0.251 e. The molecule has 0 aliphatic carbocycles. The van der Waals surface area contributed by atoms with E-state index in [-0.39, 0.29) is 5.91 Å². The quantitative estimate of drug-likeness (QED) is 0.354. The molecule has 0 fully saturated rings. The molecule has 0 atom stereocenters. The summed E-state index contributed by atoms with van der Waals surface area (Å²) in [4.78, 5) is 17.4. The zero-order valence-corrected chi connectivity index (χ0v) is 19.6. The van der Waals surface area contributed by atoms with Crippen LogP contribution in [0.25, 0.3) is 11.0 Å². The second-order valence-electron chi connectivity index (χ2n) is 8.51. The van der Waals surface area contributed by atoms with Gasteiger partial charge in [-0.3, -0.25) is 4.79 Å². The van der Waals surface area contributed by atoms with Crippen molar-refractivity contribution >= 4 is 16.9 Å². The Kier molecular flexibility index (Phi) is 7.08. The number of fused-ring (bicyclic) bond motifs is 1. The van der Waals surface area contributed by atoms with Crippen LogP contribution in [0.2, 0.25) is 0 Å². The summed E-state index contributed by atoms with van der Waals surface area (Å²) in [7, 11) is 0. The molecule has 4 aromatic rings. The number of hydrogen-bond acceptors (Lipinski definition) is 3. The number of ether oxygens (including phenoxy) is 1. The van der Waals surface area contributed by atoms with E-state index in [1.54, 1.807) is 0 Å². The van der Waals surface area contributed by atoms with Gasteiger partial charge in [0, 0.05) is 18.5 Å². The molecule has 1 heterocycles. The minimum absolute atomic E-state index is 0.0208. The molecule has 1 aromatic heterocycles. The predicted octanol–water partition coefficient (Wildman–Crippen LogP) is 5.40. The van der Waals surface area contributed by atoms with E-state index in [0.717, 1.165) is 58.7 Å². The Bertz CT molecular complexity index is 1240. The van der Waals surface area contributed by atoms with Gasteiger partial charge in [0.1, 0.15) is 18.2 Å². The monoisotopic (exact) mass is 441 g/mol. The van der Waals surface area contributed by atoms with Gasteiger partial charge in [-0.15, -0.1) is 0 Å². The van der Waals surface area contributed by atoms with Crippen molar-refractivity contribution in [2.24, 2.45) is 0 Å². The summed E-state index contributed by atoms with van der Waals surface area (Å²) >= 11 is 0. The van der Waals surface area contributed by atoms with Gasteiger partial charge in [-0.25, -0.2) is 4.98 Å². The van der Waals surface area contributed by atoms with Gasteiger partial charge >= 0.3 is 0 Å². The van der Waals surface area contributed by atoms with Gasteiger partial charge in [-0.05, 0) is 63.1 Å². The van der Waals surface area contributed by atoms with Crippen molar-refractivity contribution in [3.05, 3.63) is 94.8 Å². The van der Waals surface area contributed by atoms with Crippen LogP contribution in [-0.4, -0.2) is 28.6 Å². The van der Waals surface area contributed by atoms with Crippen LogP contribution < -0.4 is 10.1 Å². The molecule has 170 valence electrons. The van der Waals surface area contributed by atoms with Crippen LogP contribution in [-0.2, 0) is 13.0 Å². The van der Waals surface area contributed by atoms with Gasteiger partial charge in [0.15, 0.2) is 0 Å². The van der Waals surface area contributed by atoms with Crippen molar-refractivity contribution in [3.63, 3.8) is 0 Å². The van der Waals surface area contributed by atoms with E-state index in [0.29, 0.717) is 13.2 Å². The Hall–Kier alpha value is -3.60. The molecule has 5 heteroatoms. The third-order valence-corrected chi connectivity index (χ3v) is 5.83. The molecule has 1 amide bonds. The third-order valence-electron chi connectivity index (χ3n) is 5.83. The molecule has 0 unspecified atom stereocenters. The number of carbonyl (C=O) groups excluding carboxylic acids is 1. The summed E-state index contributed by atoms with van der Waals surface area (Å²) in [5, 5.41) is 3.05. The first kappa shape index (κ1) is 22.6. The van der Waals surface area contributed by atoms with Gasteiger partial charge in [0.2, 0.25) is 0 Å². The Labute approximate surface area is 195 Å². The van der Waals surface area contributed by atoms with Gasteiger partial charge < -0.3 is 14.6 Å². The average Bonchev–Trinajstić information content (AvgIpc) is 3.15. The van der Waals surface area contributed by atoms with Crippen LogP contribution in [0.3, 0.4) is 0 Å². The van der Waals surface area contributed by atoms with Crippen molar-refractivity contribution in [2.75, 3.05) is 13.2 Å². The van der Waals surface area contributed by atoms with E-state index >= 15 is 0 Å². The molecule has 0 spiro atoms. The highest BCUT2D eigenvalue weighted by atomic mass is 16.5. The van der Waals surface area contributed by atoms with Crippen LogP contribution in [0.1, 0.15) is 39.3 Å². The van der Waals surface area contributed by atoms with Crippen LogP contribution in [0.15, 0.2) is 66.7 Å². The normalized spacial score (nSPS) is 11.0. The Morgan fingerprint density at radius 3 is 2.52 bits per heavy atom. The maximum atomic E-state index is 12.5. The highest BCUT2D eigenvalue weighted by molar-refractivity contribution is 5.95. The first-order valence-electron chi connectivity index (χ1n) is 11.5. The minimum atomic E-state index is -0.0208. The second kappa shape index (κ2) is 10.3. The molecule has 33 heavy (non-hydrogen) atoms. The van der Waals surface area contributed by atoms with Crippen molar-refractivity contribution in [3.8, 4) is 5.75 Å². The number of rotatable bonds is 9. The number of aromatic nitrogens is 2. The van der Waals surface area contributed by atoms with Gasteiger partial charge in [0.25, 0.3) is 5.91 Å². The molecular weight excluding hydrogens is 410 g/mol. The van der Waals surface area contributed by atoms with Crippen LogP contribution in [0.5, 0.6) is 5.75 Å². The lowest BCUT2D eigenvalue weighted by Crippen LogP contribution is -2.25.